The Labute approximate surface area is 152 Å². The highest BCUT2D eigenvalue weighted by Gasteiger charge is 2.08. The van der Waals surface area contributed by atoms with Crippen molar-refractivity contribution in [2.45, 2.75) is 18.8 Å². The Morgan fingerprint density at radius 3 is 2.76 bits per heavy atom. The number of rotatable bonds is 7. The van der Waals surface area contributed by atoms with Gasteiger partial charge in [0.15, 0.2) is 0 Å². The third-order valence-corrected chi connectivity index (χ3v) is 4.16. The fraction of sp³-hybridized carbons (Fsp3) is 0.200. The van der Waals surface area contributed by atoms with Crippen LogP contribution in [-0.4, -0.2) is 28.9 Å². The summed E-state index contributed by atoms with van der Waals surface area (Å²) in [6, 6.07) is 15.9. The minimum Gasteiger partial charge on any atom is -0.312 e. The summed E-state index contributed by atoms with van der Waals surface area (Å²) in [6.45, 7) is 0.740. The molecule has 0 bridgehead atoms. The smallest absolute Gasteiger partial charge is 0.129 e. The van der Waals surface area contributed by atoms with E-state index >= 15 is 0 Å². The average Bonchev–Trinajstić information content (AvgIpc) is 2.65. The van der Waals surface area contributed by atoms with E-state index in [0.29, 0.717) is 5.15 Å². The van der Waals surface area contributed by atoms with Gasteiger partial charge in [-0.3, -0.25) is 9.98 Å². The van der Waals surface area contributed by atoms with Gasteiger partial charge in [0.05, 0.1) is 17.0 Å². The minimum absolute atomic E-state index is 0.200. The molecule has 0 amide bonds. The topological polar surface area (TPSA) is 62.0 Å². The largest absolute Gasteiger partial charge is 0.312 e. The zero-order valence-electron chi connectivity index (χ0n) is 13.8. The zero-order chi connectivity index (χ0) is 17.5. The van der Waals surface area contributed by atoms with Crippen molar-refractivity contribution in [3.63, 3.8) is 0 Å². The van der Waals surface area contributed by atoms with Gasteiger partial charge in [0.2, 0.25) is 0 Å². The van der Waals surface area contributed by atoms with Crippen molar-refractivity contribution in [3.05, 3.63) is 71.0 Å². The molecule has 0 spiro atoms. The van der Waals surface area contributed by atoms with Crippen LogP contribution in [0.4, 0.5) is 0 Å². The molecule has 1 N–H and O–H groups in total. The molecular formula is C20H19ClN4. The summed E-state index contributed by atoms with van der Waals surface area (Å²) in [7, 11) is 0. The highest BCUT2D eigenvalue weighted by Crippen LogP contribution is 2.18. The van der Waals surface area contributed by atoms with Crippen molar-refractivity contribution in [2.75, 3.05) is 6.54 Å². The summed E-state index contributed by atoms with van der Waals surface area (Å²) in [6.07, 6.45) is 6.94. The molecule has 0 aliphatic heterocycles. The van der Waals surface area contributed by atoms with Crippen molar-refractivity contribution in [1.29, 1.82) is 5.41 Å². The number of fused-ring (bicyclic) bond motifs is 1. The van der Waals surface area contributed by atoms with Crippen LogP contribution in [-0.2, 0) is 6.42 Å². The van der Waals surface area contributed by atoms with E-state index in [9.17, 15) is 0 Å². The normalized spacial score (nSPS) is 12.5. The number of pyridine rings is 2. The lowest BCUT2D eigenvalue weighted by atomic mass is 10.0. The quantitative estimate of drug-likeness (QED) is 0.380. The maximum atomic E-state index is 7.67. The molecule has 1 unspecified atom stereocenters. The van der Waals surface area contributed by atoms with E-state index < -0.39 is 0 Å². The molecule has 2 heterocycles. The van der Waals surface area contributed by atoms with Crippen LogP contribution >= 0.6 is 11.6 Å². The zero-order valence-corrected chi connectivity index (χ0v) is 14.5. The lowest BCUT2D eigenvalue weighted by Gasteiger charge is -2.07. The Morgan fingerprint density at radius 1 is 1.12 bits per heavy atom. The van der Waals surface area contributed by atoms with Crippen molar-refractivity contribution in [2.24, 2.45) is 4.99 Å². The maximum absolute atomic E-state index is 7.67. The van der Waals surface area contributed by atoms with Gasteiger partial charge in [0.25, 0.3) is 0 Å². The number of benzene rings is 1. The molecule has 0 aliphatic carbocycles. The summed E-state index contributed by atoms with van der Waals surface area (Å²) < 4.78 is 0. The summed E-state index contributed by atoms with van der Waals surface area (Å²) in [4.78, 5) is 13.1. The molecule has 4 nitrogen and oxygen atoms in total. The number of halogens is 1. The molecule has 1 aromatic carbocycles. The fourth-order valence-corrected chi connectivity index (χ4v) is 2.77. The van der Waals surface area contributed by atoms with Crippen LogP contribution in [0.25, 0.3) is 11.0 Å². The number of hydrogen-bond acceptors (Lipinski definition) is 4. The Kier molecular flexibility index (Phi) is 5.86. The second-order valence-corrected chi connectivity index (χ2v) is 6.16. The van der Waals surface area contributed by atoms with Crippen molar-refractivity contribution in [1.82, 2.24) is 9.97 Å². The van der Waals surface area contributed by atoms with Crippen molar-refractivity contribution < 1.29 is 0 Å². The van der Waals surface area contributed by atoms with Crippen molar-refractivity contribution in [3.8, 4) is 0 Å². The molecule has 25 heavy (non-hydrogen) atoms. The van der Waals surface area contributed by atoms with Gasteiger partial charge in [-0.1, -0.05) is 41.9 Å². The number of aromatic nitrogens is 2. The maximum Gasteiger partial charge on any atom is 0.129 e. The first-order chi connectivity index (χ1) is 12.3. The average molecular weight is 351 g/mol. The molecule has 0 saturated carbocycles. The predicted octanol–water partition coefficient (Wildman–Crippen LogP) is 4.72. The van der Waals surface area contributed by atoms with E-state index in [4.69, 9.17) is 17.0 Å². The summed E-state index contributed by atoms with van der Waals surface area (Å²) >= 11 is 5.94. The van der Waals surface area contributed by atoms with E-state index in [1.165, 1.54) is 11.8 Å². The van der Waals surface area contributed by atoms with E-state index in [1.807, 2.05) is 24.4 Å². The molecule has 0 aliphatic rings. The Hall–Kier alpha value is -2.59. The molecule has 3 aromatic rings. The first kappa shape index (κ1) is 17.2. The van der Waals surface area contributed by atoms with Crippen LogP contribution in [0.3, 0.4) is 0 Å². The first-order valence-corrected chi connectivity index (χ1v) is 8.61. The van der Waals surface area contributed by atoms with Crippen molar-refractivity contribution >= 4 is 35.1 Å². The minimum atomic E-state index is -0.200. The van der Waals surface area contributed by atoms with Crippen LogP contribution in [0.5, 0.6) is 0 Å². The molecule has 0 saturated heterocycles. The highest BCUT2D eigenvalue weighted by molar-refractivity contribution is 6.29. The number of aliphatic imine (C=N–C) groups is 1. The highest BCUT2D eigenvalue weighted by atomic mass is 35.5. The second kappa shape index (κ2) is 8.49. The summed E-state index contributed by atoms with van der Waals surface area (Å²) in [5.41, 5.74) is 3.73. The van der Waals surface area contributed by atoms with E-state index in [2.05, 4.69) is 39.2 Å². The van der Waals surface area contributed by atoms with Crippen LogP contribution in [0.1, 0.15) is 23.5 Å². The van der Waals surface area contributed by atoms with Gasteiger partial charge < -0.3 is 5.41 Å². The summed E-state index contributed by atoms with van der Waals surface area (Å²) in [5, 5.41) is 8.11. The Balaban J connectivity index is 1.62. The Bertz CT molecular complexity index is 877. The molecule has 5 heteroatoms. The van der Waals surface area contributed by atoms with Gasteiger partial charge in [-0.05, 0) is 42.2 Å². The standard InChI is InChI=1S/C20H19ClN4/c21-20-9-8-18-19(25-20)11-16(14-24-18)17(12-22)13-23-10-4-7-15-5-2-1-3-6-15/h1-3,5-6,8-9,11-14,17,22H,4,7,10H2. The molecular weight excluding hydrogens is 332 g/mol. The van der Waals surface area contributed by atoms with E-state index in [0.717, 1.165) is 36.0 Å². The third-order valence-electron chi connectivity index (χ3n) is 3.95. The molecule has 0 fully saturated rings. The lowest BCUT2D eigenvalue weighted by Crippen LogP contribution is -2.03. The molecule has 0 radical (unpaired) electrons. The van der Waals surface area contributed by atoms with Gasteiger partial charge in [-0.25, -0.2) is 4.98 Å². The number of nitrogens with zero attached hydrogens (tertiary/aromatic N) is 3. The van der Waals surface area contributed by atoms with Gasteiger partial charge >= 0.3 is 0 Å². The molecule has 2 aromatic heterocycles. The van der Waals surface area contributed by atoms with Crippen LogP contribution < -0.4 is 0 Å². The van der Waals surface area contributed by atoms with Gasteiger partial charge in [0.1, 0.15) is 5.15 Å². The van der Waals surface area contributed by atoms with Gasteiger partial charge in [-0.15, -0.1) is 0 Å². The number of nitrogens with one attached hydrogen (secondary N) is 1. The molecule has 3 rings (SSSR count). The van der Waals surface area contributed by atoms with E-state index in [1.54, 1.807) is 12.3 Å². The van der Waals surface area contributed by atoms with Gasteiger partial charge in [-0.2, -0.15) is 0 Å². The van der Waals surface area contributed by atoms with Crippen LogP contribution in [0.15, 0.2) is 59.7 Å². The van der Waals surface area contributed by atoms with Gasteiger partial charge in [0, 0.05) is 25.2 Å². The fourth-order valence-electron chi connectivity index (χ4n) is 2.61. The molecule has 126 valence electrons. The number of hydrogen-bond donors (Lipinski definition) is 1. The van der Waals surface area contributed by atoms with Crippen LogP contribution in [0, 0.1) is 5.41 Å². The number of aryl methyl sites for hydroxylation is 1. The lowest BCUT2D eigenvalue weighted by molar-refractivity contribution is 0.833. The summed E-state index contributed by atoms with van der Waals surface area (Å²) in [5.74, 6) is -0.200. The van der Waals surface area contributed by atoms with Crippen LogP contribution in [0.2, 0.25) is 5.15 Å². The monoisotopic (exact) mass is 350 g/mol. The molecule has 1 atom stereocenters. The third kappa shape index (κ3) is 4.70. The first-order valence-electron chi connectivity index (χ1n) is 8.23. The second-order valence-electron chi connectivity index (χ2n) is 5.78. The SMILES string of the molecule is N=CC(C=NCCCc1ccccc1)c1cnc2ccc(Cl)nc2c1. The predicted molar refractivity (Wildman–Crippen MR) is 104 cm³/mol. The van der Waals surface area contributed by atoms with E-state index in [-0.39, 0.29) is 5.92 Å². The Morgan fingerprint density at radius 2 is 1.96 bits per heavy atom.